The van der Waals surface area contributed by atoms with E-state index in [0.717, 1.165) is 0 Å². The van der Waals surface area contributed by atoms with Crippen LogP contribution in [-0.4, -0.2) is 18.2 Å². The molecular weight excluding hydrogens is 266 g/mol. The lowest BCUT2D eigenvalue weighted by Crippen LogP contribution is -2.13. The summed E-state index contributed by atoms with van der Waals surface area (Å²) in [4.78, 5) is 0.163. The standard InChI is InChI=1S/C11H15N5O2S/c1-2-16-8-10(7-13-16)15-19(17,18)11-5-3-9(14-12)4-6-11/h3-8,14-15H,2,12H2,1H3. The zero-order valence-corrected chi connectivity index (χ0v) is 11.2. The first-order chi connectivity index (χ1) is 9.05. The first-order valence-corrected chi connectivity index (χ1v) is 7.15. The Hall–Kier alpha value is -2.06. The maximum absolute atomic E-state index is 12.1. The summed E-state index contributed by atoms with van der Waals surface area (Å²) < 4.78 is 28.3. The highest BCUT2D eigenvalue weighted by Crippen LogP contribution is 2.17. The van der Waals surface area contributed by atoms with Crippen molar-refractivity contribution < 1.29 is 8.42 Å². The Bertz CT molecular complexity index is 648. The molecule has 8 heteroatoms. The fourth-order valence-corrected chi connectivity index (χ4v) is 2.56. The van der Waals surface area contributed by atoms with Crippen molar-refractivity contribution >= 4 is 21.4 Å². The third-order valence-electron chi connectivity index (χ3n) is 2.54. The van der Waals surface area contributed by atoms with Gasteiger partial charge in [-0.3, -0.25) is 15.2 Å². The smallest absolute Gasteiger partial charge is 0.261 e. The van der Waals surface area contributed by atoms with Crippen molar-refractivity contribution in [3.63, 3.8) is 0 Å². The molecule has 0 spiro atoms. The molecule has 0 bridgehead atoms. The highest BCUT2D eigenvalue weighted by atomic mass is 32.2. The van der Waals surface area contributed by atoms with E-state index in [1.165, 1.54) is 18.3 Å². The van der Waals surface area contributed by atoms with Gasteiger partial charge in [0.2, 0.25) is 0 Å². The average Bonchev–Trinajstić information content (AvgIpc) is 2.85. The number of nitrogens with one attached hydrogen (secondary N) is 2. The highest BCUT2D eigenvalue weighted by molar-refractivity contribution is 7.92. The Kier molecular flexibility index (Phi) is 3.72. The predicted molar refractivity (Wildman–Crippen MR) is 73.0 cm³/mol. The second-order valence-electron chi connectivity index (χ2n) is 3.86. The number of nitrogens with two attached hydrogens (primary N) is 1. The van der Waals surface area contributed by atoms with E-state index in [1.807, 2.05) is 6.92 Å². The molecular formula is C11H15N5O2S. The van der Waals surface area contributed by atoms with Gasteiger partial charge in [0, 0.05) is 18.4 Å². The molecule has 0 unspecified atom stereocenters. The maximum atomic E-state index is 12.1. The van der Waals surface area contributed by atoms with E-state index in [9.17, 15) is 8.42 Å². The number of nitrogens with zero attached hydrogens (tertiary/aromatic N) is 2. The molecule has 0 amide bonds. The van der Waals surface area contributed by atoms with E-state index in [1.54, 1.807) is 23.0 Å². The lowest BCUT2D eigenvalue weighted by atomic mass is 10.3. The Balaban J connectivity index is 2.21. The van der Waals surface area contributed by atoms with Crippen LogP contribution in [0.1, 0.15) is 6.92 Å². The van der Waals surface area contributed by atoms with Crippen LogP contribution in [0.25, 0.3) is 0 Å². The Labute approximate surface area is 111 Å². The zero-order valence-electron chi connectivity index (χ0n) is 10.4. The number of hydrazine groups is 1. The van der Waals surface area contributed by atoms with Gasteiger partial charge in [0.05, 0.1) is 16.8 Å². The van der Waals surface area contributed by atoms with Gasteiger partial charge in [-0.2, -0.15) is 5.10 Å². The molecule has 0 fully saturated rings. The lowest BCUT2D eigenvalue weighted by Gasteiger charge is -2.06. The summed E-state index contributed by atoms with van der Waals surface area (Å²) in [5, 5.41) is 4.00. The molecule has 19 heavy (non-hydrogen) atoms. The molecule has 0 radical (unpaired) electrons. The number of anilines is 2. The normalized spacial score (nSPS) is 11.3. The summed E-state index contributed by atoms with van der Waals surface area (Å²) >= 11 is 0. The van der Waals surface area contributed by atoms with Crippen LogP contribution < -0.4 is 16.0 Å². The van der Waals surface area contributed by atoms with Gasteiger partial charge in [0.25, 0.3) is 10.0 Å². The fraction of sp³-hybridized carbons (Fsp3) is 0.182. The minimum Gasteiger partial charge on any atom is -0.324 e. The van der Waals surface area contributed by atoms with Crippen LogP contribution in [0.3, 0.4) is 0 Å². The second-order valence-corrected chi connectivity index (χ2v) is 5.54. The van der Waals surface area contributed by atoms with Gasteiger partial charge in [-0.15, -0.1) is 0 Å². The van der Waals surface area contributed by atoms with E-state index < -0.39 is 10.0 Å². The van der Waals surface area contributed by atoms with Crippen molar-refractivity contribution in [2.24, 2.45) is 5.84 Å². The van der Waals surface area contributed by atoms with Crippen molar-refractivity contribution in [1.82, 2.24) is 9.78 Å². The van der Waals surface area contributed by atoms with Crippen molar-refractivity contribution in [2.45, 2.75) is 18.4 Å². The van der Waals surface area contributed by atoms with Crippen LogP contribution in [0.2, 0.25) is 0 Å². The minimum atomic E-state index is -3.61. The number of hydrogen-bond acceptors (Lipinski definition) is 5. The number of aromatic nitrogens is 2. The Morgan fingerprint density at radius 3 is 2.47 bits per heavy atom. The molecule has 0 saturated heterocycles. The topological polar surface area (TPSA) is 102 Å². The van der Waals surface area contributed by atoms with Gasteiger partial charge in [-0.05, 0) is 31.2 Å². The van der Waals surface area contributed by atoms with Crippen LogP contribution in [-0.2, 0) is 16.6 Å². The number of sulfonamides is 1. The summed E-state index contributed by atoms with van der Waals surface area (Å²) in [7, 11) is -3.61. The molecule has 0 aliphatic heterocycles. The fourth-order valence-electron chi connectivity index (χ4n) is 1.53. The summed E-state index contributed by atoms with van der Waals surface area (Å²) in [6.07, 6.45) is 3.10. The highest BCUT2D eigenvalue weighted by Gasteiger charge is 2.14. The van der Waals surface area contributed by atoms with E-state index in [2.05, 4.69) is 15.2 Å². The summed E-state index contributed by atoms with van der Waals surface area (Å²) in [5.41, 5.74) is 3.51. The average molecular weight is 281 g/mol. The predicted octanol–water partition coefficient (Wildman–Crippen LogP) is 0.989. The quantitative estimate of drug-likeness (QED) is 0.560. The molecule has 2 rings (SSSR count). The second kappa shape index (κ2) is 5.29. The lowest BCUT2D eigenvalue weighted by molar-refractivity contribution is 0.601. The summed E-state index contributed by atoms with van der Waals surface area (Å²) in [6, 6.07) is 6.12. The first-order valence-electron chi connectivity index (χ1n) is 5.67. The van der Waals surface area contributed by atoms with Crippen molar-refractivity contribution in [3.8, 4) is 0 Å². The monoisotopic (exact) mass is 281 g/mol. The number of rotatable bonds is 5. The Morgan fingerprint density at radius 1 is 1.26 bits per heavy atom. The molecule has 1 aromatic carbocycles. The molecule has 102 valence electrons. The third kappa shape index (κ3) is 3.04. The third-order valence-corrected chi connectivity index (χ3v) is 3.94. The summed E-state index contributed by atoms with van der Waals surface area (Å²) in [5.74, 6) is 5.22. The van der Waals surface area contributed by atoms with Crippen LogP contribution in [0.4, 0.5) is 11.4 Å². The van der Waals surface area contributed by atoms with E-state index in [-0.39, 0.29) is 4.90 Å². The van der Waals surface area contributed by atoms with Gasteiger partial charge in [-0.1, -0.05) is 0 Å². The number of nitrogen functional groups attached to an aromatic ring is 1. The van der Waals surface area contributed by atoms with Gasteiger partial charge in [-0.25, -0.2) is 8.42 Å². The van der Waals surface area contributed by atoms with Crippen LogP contribution in [0, 0.1) is 0 Å². The molecule has 1 aromatic heterocycles. The molecule has 0 atom stereocenters. The van der Waals surface area contributed by atoms with Crippen molar-refractivity contribution in [3.05, 3.63) is 36.7 Å². The first kappa shape index (κ1) is 13.4. The SMILES string of the molecule is CCn1cc(NS(=O)(=O)c2ccc(NN)cc2)cn1. The largest absolute Gasteiger partial charge is 0.324 e. The Morgan fingerprint density at radius 2 is 1.95 bits per heavy atom. The number of hydrogen-bond donors (Lipinski definition) is 3. The molecule has 0 saturated carbocycles. The van der Waals surface area contributed by atoms with Gasteiger partial charge >= 0.3 is 0 Å². The molecule has 1 heterocycles. The molecule has 4 N–H and O–H groups in total. The van der Waals surface area contributed by atoms with Crippen LogP contribution in [0.15, 0.2) is 41.6 Å². The number of aryl methyl sites for hydroxylation is 1. The van der Waals surface area contributed by atoms with E-state index in [0.29, 0.717) is 17.9 Å². The van der Waals surface area contributed by atoms with Crippen molar-refractivity contribution in [1.29, 1.82) is 0 Å². The molecule has 2 aromatic rings. The van der Waals surface area contributed by atoms with Crippen LogP contribution in [0.5, 0.6) is 0 Å². The molecule has 0 aliphatic rings. The van der Waals surface area contributed by atoms with E-state index in [4.69, 9.17) is 5.84 Å². The van der Waals surface area contributed by atoms with Gasteiger partial charge < -0.3 is 5.43 Å². The zero-order chi connectivity index (χ0) is 13.9. The molecule has 0 aliphatic carbocycles. The summed E-state index contributed by atoms with van der Waals surface area (Å²) in [6.45, 7) is 2.60. The molecule has 7 nitrogen and oxygen atoms in total. The van der Waals surface area contributed by atoms with Crippen molar-refractivity contribution in [2.75, 3.05) is 10.1 Å². The van der Waals surface area contributed by atoms with Gasteiger partial charge in [0.1, 0.15) is 0 Å². The van der Waals surface area contributed by atoms with E-state index >= 15 is 0 Å². The maximum Gasteiger partial charge on any atom is 0.261 e. The van der Waals surface area contributed by atoms with Gasteiger partial charge in [0.15, 0.2) is 0 Å². The van der Waals surface area contributed by atoms with Crippen LogP contribution >= 0.6 is 0 Å². The number of benzene rings is 1. The minimum absolute atomic E-state index is 0.163.